The summed E-state index contributed by atoms with van der Waals surface area (Å²) in [6, 6.07) is 14.0. The van der Waals surface area contributed by atoms with E-state index in [1.807, 2.05) is 24.3 Å². The number of anilines is 1. The molecule has 0 aliphatic heterocycles. The maximum Gasteiger partial charge on any atom is 0.184 e. The lowest BCUT2D eigenvalue weighted by Gasteiger charge is -2.27. The molecule has 158 valence electrons. The summed E-state index contributed by atoms with van der Waals surface area (Å²) in [4.78, 5) is 8.90. The maximum absolute atomic E-state index is 13.2. The smallest absolute Gasteiger partial charge is 0.184 e. The van der Waals surface area contributed by atoms with Crippen LogP contribution in [0.2, 0.25) is 0 Å². The highest BCUT2D eigenvalue weighted by atomic mass is 32.1. The van der Waals surface area contributed by atoms with Gasteiger partial charge in [0.15, 0.2) is 5.13 Å². The second-order valence-corrected chi connectivity index (χ2v) is 8.80. The maximum atomic E-state index is 13.2. The van der Waals surface area contributed by atoms with Gasteiger partial charge in [-0.25, -0.2) is 9.37 Å². The molecule has 4 aromatic rings. The number of rotatable bonds is 5. The van der Waals surface area contributed by atoms with Crippen molar-refractivity contribution in [2.75, 3.05) is 5.32 Å². The van der Waals surface area contributed by atoms with Crippen LogP contribution < -0.4 is 10.1 Å². The summed E-state index contributed by atoms with van der Waals surface area (Å²) >= 11 is 1.55. The number of ether oxygens (including phenoxy) is 1. The minimum atomic E-state index is -0.319. The number of benzene rings is 2. The highest BCUT2D eigenvalue weighted by Crippen LogP contribution is 2.33. The van der Waals surface area contributed by atoms with Gasteiger partial charge < -0.3 is 15.2 Å². The van der Waals surface area contributed by atoms with Crippen molar-refractivity contribution in [3.8, 4) is 22.6 Å². The minimum Gasteiger partial charge on any atom is -0.456 e. The van der Waals surface area contributed by atoms with Gasteiger partial charge in [-0.1, -0.05) is 36.3 Å². The third kappa shape index (κ3) is 4.52. The number of hydrogen-bond acceptors (Lipinski definition) is 6. The number of pyridine rings is 1. The molecule has 0 amide bonds. The summed E-state index contributed by atoms with van der Waals surface area (Å²) < 4.78 is 20.2. The van der Waals surface area contributed by atoms with Crippen LogP contribution in [-0.4, -0.2) is 27.2 Å². The van der Waals surface area contributed by atoms with Gasteiger partial charge in [0, 0.05) is 17.8 Å². The highest BCUT2D eigenvalue weighted by Gasteiger charge is 2.23. The third-order valence-electron chi connectivity index (χ3n) is 5.52. The predicted octanol–water partition coefficient (Wildman–Crippen LogP) is 6.01. The fourth-order valence-corrected chi connectivity index (χ4v) is 4.84. The number of nitrogens with zero attached hydrogens (tertiary/aromatic N) is 2. The number of fused-ring (bicyclic) bond motifs is 1. The number of aliphatic hydroxyl groups excluding tert-OH is 1. The van der Waals surface area contributed by atoms with Crippen LogP contribution in [0.5, 0.6) is 11.5 Å². The Morgan fingerprint density at radius 2 is 1.81 bits per heavy atom. The molecule has 1 aliphatic rings. The van der Waals surface area contributed by atoms with Gasteiger partial charge in [-0.15, -0.1) is 0 Å². The van der Waals surface area contributed by atoms with Gasteiger partial charge in [-0.2, -0.15) is 0 Å². The fraction of sp³-hybridized carbons (Fsp3) is 0.250. The number of thiazole rings is 1. The van der Waals surface area contributed by atoms with E-state index in [-0.39, 0.29) is 18.0 Å². The molecule has 31 heavy (non-hydrogen) atoms. The third-order valence-corrected chi connectivity index (χ3v) is 6.47. The zero-order chi connectivity index (χ0) is 21.2. The molecule has 2 atom stereocenters. The van der Waals surface area contributed by atoms with E-state index in [0.29, 0.717) is 11.5 Å². The van der Waals surface area contributed by atoms with Crippen LogP contribution in [0.4, 0.5) is 9.52 Å². The van der Waals surface area contributed by atoms with Gasteiger partial charge in [0.2, 0.25) is 0 Å². The predicted molar refractivity (Wildman–Crippen MR) is 121 cm³/mol. The van der Waals surface area contributed by atoms with Crippen LogP contribution in [0.15, 0.2) is 60.9 Å². The van der Waals surface area contributed by atoms with Gasteiger partial charge in [0.05, 0.1) is 28.6 Å². The molecule has 1 aliphatic carbocycles. The minimum absolute atomic E-state index is 0.0605. The standard InChI is InChI=1S/C24H22FN3O2S/c25-17-7-5-15(6-8-17)16-11-19(14-26-13-16)30-18-9-10-21-23(12-18)31-24(28-21)27-20-3-1-2-4-22(20)29/h5-14,20,22,29H,1-4H2,(H,27,28)/t20-,22-/m1/s1. The zero-order valence-electron chi connectivity index (χ0n) is 16.8. The molecular weight excluding hydrogens is 413 g/mol. The van der Waals surface area contributed by atoms with Gasteiger partial charge in [-0.05, 0) is 48.7 Å². The number of aromatic nitrogens is 2. The molecule has 5 rings (SSSR count). The Balaban J connectivity index is 1.34. The molecule has 2 N–H and O–H groups in total. The lowest BCUT2D eigenvalue weighted by Crippen LogP contribution is -2.36. The second-order valence-electron chi connectivity index (χ2n) is 7.77. The van der Waals surface area contributed by atoms with Crippen molar-refractivity contribution >= 4 is 26.7 Å². The molecular formula is C24H22FN3O2S. The van der Waals surface area contributed by atoms with Crippen LogP contribution in [0, 0.1) is 5.82 Å². The van der Waals surface area contributed by atoms with E-state index < -0.39 is 0 Å². The Kier molecular flexibility index (Phi) is 5.53. The summed E-state index contributed by atoms with van der Waals surface area (Å²) in [6.07, 6.45) is 7.07. The van der Waals surface area contributed by atoms with Gasteiger partial charge in [0.1, 0.15) is 17.3 Å². The van der Waals surface area contributed by atoms with Crippen molar-refractivity contribution in [3.63, 3.8) is 0 Å². The average Bonchev–Trinajstić information content (AvgIpc) is 3.18. The van der Waals surface area contributed by atoms with Gasteiger partial charge in [-0.3, -0.25) is 4.98 Å². The molecule has 0 saturated heterocycles. The highest BCUT2D eigenvalue weighted by molar-refractivity contribution is 7.22. The Hall–Kier alpha value is -3.03. The molecule has 2 aromatic carbocycles. The van der Waals surface area contributed by atoms with E-state index in [9.17, 15) is 9.50 Å². The molecule has 0 bridgehead atoms. The average molecular weight is 436 g/mol. The Morgan fingerprint density at radius 3 is 2.65 bits per heavy atom. The first kappa shape index (κ1) is 19.9. The van der Waals surface area contributed by atoms with E-state index in [0.717, 1.165) is 52.2 Å². The van der Waals surface area contributed by atoms with E-state index in [1.54, 1.807) is 35.9 Å². The zero-order valence-corrected chi connectivity index (χ0v) is 17.6. The SMILES string of the molecule is O[C@@H]1CCCC[C@H]1Nc1nc2ccc(Oc3cncc(-c4ccc(F)cc4)c3)cc2s1. The van der Waals surface area contributed by atoms with Crippen molar-refractivity contribution in [2.45, 2.75) is 37.8 Å². The lowest BCUT2D eigenvalue weighted by atomic mass is 9.93. The number of nitrogens with one attached hydrogen (secondary N) is 1. The van der Waals surface area contributed by atoms with Crippen molar-refractivity contribution < 1.29 is 14.2 Å². The molecule has 0 unspecified atom stereocenters. The molecule has 5 nitrogen and oxygen atoms in total. The molecule has 0 radical (unpaired) electrons. The molecule has 0 spiro atoms. The van der Waals surface area contributed by atoms with E-state index in [2.05, 4.69) is 15.3 Å². The summed E-state index contributed by atoms with van der Waals surface area (Å²) in [5, 5.41) is 14.4. The number of aliphatic hydroxyl groups is 1. The largest absolute Gasteiger partial charge is 0.456 e. The number of halogens is 1. The summed E-state index contributed by atoms with van der Waals surface area (Å²) in [5.74, 6) is 1.03. The van der Waals surface area contributed by atoms with Crippen LogP contribution in [0.1, 0.15) is 25.7 Å². The van der Waals surface area contributed by atoms with Crippen molar-refractivity contribution in [3.05, 3.63) is 66.7 Å². The van der Waals surface area contributed by atoms with Crippen molar-refractivity contribution in [1.82, 2.24) is 9.97 Å². The van der Waals surface area contributed by atoms with E-state index >= 15 is 0 Å². The summed E-state index contributed by atoms with van der Waals surface area (Å²) in [6.45, 7) is 0. The Bertz CT molecular complexity index is 1200. The van der Waals surface area contributed by atoms with Gasteiger partial charge in [0.25, 0.3) is 0 Å². The quantitative estimate of drug-likeness (QED) is 0.402. The fourth-order valence-electron chi connectivity index (χ4n) is 3.88. The number of hydrogen-bond donors (Lipinski definition) is 2. The first-order valence-electron chi connectivity index (χ1n) is 10.4. The first-order chi connectivity index (χ1) is 15.1. The van der Waals surface area contributed by atoms with Crippen molar-refractivity contribution in [1.29, 1.82) is 0 Å². The lowest BCUT2D eigenvalue weighted by molar-refractivity contribution is 0.116. The summed E-state index contributed by atoms with van der Waals surface area (Å²) in [7, 11) is 0. The van der Waals surface area contributed by atoms with E-state index in [1.165, 1.54) is 12.1 Å². The topological polar surface area (TPSA) is 67.3 Å². The molecule has 2 heterocycles. The van der Waals surface area contributed by atoms with Crippen molar-refractivity contribution in [2.24, 2.45) is 0 Å². The van der Waals surface area contributed by atoms with Crippen LogP contribution in [0.25, 0.3) is 21.3 Å². The normalized spacial score (nSPS) is 18.8. The van der Waals surface area contributed by atoms with Crippen LogP contribution >= 0.6 is 11.3 Å². The van der Waals surface area contributed by atoms with Gasteiger partial charge >= 0.3 is 0 Å². The molecule has 1 saturated carbocycles. The molecule has 7 heteroatoms. The first-order valence-corrected chi connectivity index (χ1v) is 11.2. The Morgan fingerprint density at radius 1 is 0.968 bits per heavy atom. The molecule has 2 aromatic heterocycles. The monoisotopic (exact) mass is 435 g/mol. The van der Waals surface area contributed by atoms with E-state index in [4.69, 9.17) is 4.74 Å². The van der Waals surface area contributed by atoms with Crippen LogP contribution in [0.3, 0.4) is 0 Å². The second kappa shape index (κ2) is 8.61. The molecule has 1 fully saturated rings. The Labute approximate surface area is 183 Å². The van der Waals surface area contributed by atoms with Crippen LogP contribution in [-0.2, 0) is 0 Å². The summed E-state index contributed by atoms with van der Waals surface area (Å²) in [5.41, 5.74) is 2.62.